The minimum atomic E-state index is -3.71. The van der Waals surface area contributed by atoms with Crippen LogP contribution in [-0.2, 0) is 14.8 Å². The zero-order valence-corrected chi connectivity index (χ0v) is 15.7. The molecule has 0 aliphatic carbocycles. The summed E-state index contributed by atoms with van der Waals surface area (Å²) in [5.74, 6) is -0.0111. The summed E-state index contributed by atoms with van der Waals surface area (Å²) in [7, 11) is -3.71. The first-order valence-corrected chi connectivity index (χ1v) is 10.4. The van der Waals surface area contributed by atoms with Gasteiger partial charge in [-0.2, -0.15) is 0 Å². The maximum Gasteiger partial charge on any atom is 0.241 e. The molecular weight excluding hydrogens is 348 g/mol. The molecule has 138 valence electrons. The van der Waals surface area contributed by atoms with E-state index in [0.717, 1.165) is 37.1 Å². The van der Waals surface area contributed by atoms with Crippen molar-refractivity contribution in [3.63, 3.8) is 0 Å². The quantitative estimate of drug-likeness (QED) is 0.848. The molecular formula is C20H24N2O3S. The van der Waals surface area contributed by atoms with E-state index in [1.807, 2.05) is 42.2 Å². The fourth-order valence-corrected chi connectivity index (χ4v) is 4.38. The Bertz CT molecular complexity index is 842. The Hall–Kier alpha value is -2.18. The Kier molecular flexibility index (Phi) is 5.74. The fraction of sp³-hybridized carbons (Fsp3) is 0.350. The first-order chi connectivity index (χ1) is 12.5. The van der Waals surface area contributed by atoms with Gasteiger partial charge in [0.25, 0.3) is 0 Å². The number of carbonyl (C=O) groups excluding carboxylic acids is 1. The molecule has 1 atom stereocenters. The normalized spacial score (nSPS) is 15.8. The van der Waals surface area contributed by atoms with Gasteiger partial charge in [-0.25, -0.2) is 13.1 Å². The summed E-state index contributed by atoms with van der Waals surface area (Å²) in [6.07, 6.45) is 2.14. The molecule has 0 spiro atoms. The van der Waals surface area contributed by atoms with Crippen molar-refractivity contribution < 1.29 is 13.2 Å². The number of hydrogen-bond donors (Lipinski definition) is 1. The number of amides is 1. The molecule has 2 aromatic carbocycles. The average molecular weight is 372 g/mol. The molecule has 1 saturated heterocycles. The van der Waals surface area contributed by atoms with Crippen LogP contribution in [0.25, 0.3) is 0 Å². The summed E-state index contributed by atoms with van der Waals surface area (Å²) < 4.78 is 28.3. The van der Waals surface area contributed by atoms with Crippen molar-refractivity contribution in [3.05, 3.63) is 65.7 Å². The van der Waals surface area contributed by atoms with E-state index in [2.05, 4.69) is 4.72 Å². The van der Waals surface area contributed by atoms with Crippen molar-refractivity contribution in [1.82, 2.24) is 9.62 Å². The molecule has 6 heteroatoms. The van der Waals surface area contributed by atoms with Crippen molar-refractivity contribution >= 4 is 15.9 Å². The lowest BCUT2D eigenvalue weighted by molar-refractivity contribution is -0.130. The lowest BCUT2D eigenvalue weighted by Gasteiger charge is -2.22. The largest absolute Gasteiger partial charge is 0.343 e. The highest BCUT2D eigenvalue weighted by Gasteiger charge is 2.26. The predicted molar refractivity (Wildman–Crippen MR) is 101 cm³/mol. The molecule has 3 rings (SSSR count). The van der Waals surface area contributed by atoms with Gasteiger partial charge < -0.3 is 4.90 Å². The minimum Gasteiger partial charge on any atom is -0.343 e. The van der Waals surface area contributed by atoms with Crippen molar-refractivity contribution in [2.24, 2.45) is 0 Å². The van der Waals surface area contributed by atoms with E-state index in [-0.39, 0.29) is 17.2 Å². The molecule has 1 aliphatic rings. The maximum atomic E-state index is 12.8. The van der Waals surface area contributed by atoms with Crippen LogP contribution in [0.2, 0.25) is 0 Å². The molecule has 1 amide bonds. The number of benzene rings is 2. The summed E-state index contributed by atoms with van der Waals surface area (Å²) in [6.45, 7) is 3.42. The molecule has 0 bridgehead atoms. The molecule has 5 nitrogen and oxygen atoms in total. The van der Waals surface area contributed by atoms with Crippen LogP contribution in [-0.4, -0.2) is 32.3 Å². The number of rotatable bonds is 6. The van der Waals surface area contributed by atoms with Crippen LogP contribution in [0.15, 0.2) is 59.5 Å². The van der Waals surface area contributed by atoms with Crippen molar-refractivity contribution in [2.45, 2.75) is 37.1 Å². The Morgan fingerprint density at radius 3 is 2.27 bits per heavy atom. The lowest BCUT2D eigenvalue weighted by Crippen LogP contribution is -2.35. The van der Waals surface area contributed by atoms with Crippen LogP contribution in [0.4, 0.5) is 0 Å². The number of aryl methyl sites for hydroxylation is 1. The third kappa shape index (κ3) is 4.51. The first-order valence-electron chi connectivity index (χ1n) is 8.87. The van der Waals surface area contributed by atoms with Gasteiger partial charge in [-0.15, -0.1) is 0 Å². The zero-order valence-electron chi connectivity index (χ0n) is 14.9. The molecule has 1 fully saturated rings. The van der Waals surface area contributed by atoms with Crippen LogP contribution < -0.4 is 4.72 Å². The Morgan fingerprint density at radius 2 is 1.65 bits per heavy atom. The van der Waals surface area contributed by atoms with Gasteiger partial charge in [-0.05, 0) is 37.5 Å². The summed E-state index contributed by atoms with van der Waals surface area (Å²) in [6, 6.07) is 15.4. The van der Waals surface area contributed by atoms with Gasteiger partial charge >= 0.3 is 0 Å². The van der Waals surface area contributed by atoms with Crippen LogP contribution in [0, 0.1) is 6.92 Å². The minimum absolute atomic E-state index is 0.0111. The highest BCUT2D eigenvalue weighted by Crippen LogP contribution is 2.23. The lowest BCUT2D eigenvalue weighted by atomic mass is 10.0. The number of nitrogens with zero attached hydrogens (tertiary/aromatic N) is 1. The highest BCUT2D eigenvalue weighted by molar-refractivity contribution is 7.89. The standard InChI is InChI=1S/C20H24N2O3S/c1-16-9-11-18(12-10-16)26(24,25)21-19(17-7-3-2-4-8-17)15-20(23)22-13-5-6-14-22/h2-4,7-12,19,21H,5-6,13-15H2,1H3. The second kappa shape index (κ2) is 8.01. The number of hydrogen-bond acceptors (Lipinski definition) is 3. The number of carbonyl (C=O) groups is 1. The van der Waals surface area contributed by atoms with Gasteiger partial charge in [-0.3, -0.25) is 4.79 Å². The van der Waals surface area contributed by atoms with E-state index in [4.69, 9.17) is 0 Å². The van der Waals surface area contributed by atoms with Gasteiger partial charge in [0, 0.05) is 19.5 Å². The molecule has 1 unspecified atom stereocenters. The number of nitrogens with one attached hydrogen (secondary N) is 1. The van der Waals surface area contributed by atoms with Gasteiger partial charge in [-0.1, -0.05) is 48.0 Å². The van der Waals surface area contributed by atoms with Crippen molar-refractivity contribution in [3.8, 4) is 0 Å². The smallest absolute Gasteiger partial charge is 0.241 e. The van der Waals surface area contributed by atoms with Crippen LogP contribution in [0.5, 0.6) is 0 Å². The average Bonchev–Trinajstić information content (AvgIpc) is 3.17. The summed E-state index contributed by atoms with van der Waals surface area (Å²) in [5, 5.41) is 0. The van der Waals surface area contributed by atoms with E-state index in [9.17, 15) is 13.2 Å². The third-order valence-corrected chi connectivity index (χ3v) is 6.16. The highest BCUT2D eigenvalue weighted by atomic mass is 32.2. The first kappa shape index (κ1) is 18.6. The summed E-state index contributed by atoms with van der Waals surface area (Å²) >= 11 is 0. The monoisotopic (exact) mass is 372 g/mol. The molecule has 0 saturated carbocycles. The van der Waals surface area contributed by atoms with Crippen LogP contribution >= 0.6 is 0 Å². The second-order valence-electron chi connectivity index (χ2n) is 6.69. The summed E-state index contributed by atoms with van der Waals surface area (Å²) in [4.78, 5) is 14.6. The predicted octanol–water partition coefficient (Wildman–Crippen LogP) is 3.03. The number of sulfonamides is 1. The van der Waals surface area contributed by atoms with E-state index in [0.29, 0.717) is 0 Å². The van der Waals surface area contributed by atoms with E-state index in [1.165, 1.54) is 0 Å². The van der Waals surface area contributed by atoms with E-state index in [1.54, 1.807) is 24.3 Å². The van der Waals surface area contributed by atoms with E-state index >= 15 is 0 Å². The number of likely N-dealkylation sites (tertiary alicyclic amines) is 1. The van der Waals surface area contributed by atoms with Crippen molar-refractivity contribution in [2.75, 3.05) is 13.1 Å². The molecule has 0 radical (unpaired) electrons. The zero-order chi connectivity index (χ0) is 18.6. The molecule has 26 heavy (non-hydrogen) atoms. The van der Waals surface area contributed by atoms with Crippen LogP contribution in [0.1, 0.15) is 36.4 Å². The Labute approximate surface area is 155 Å². The molecule has 2 aromatic rings. The molecule has 0 aromatic heterocycles. The van der Waals surface area contributed by atoms with Gasteiger partial charge in [0.2, 0.25) is 15.9 Å². The fourth-order valence-electron chi connectivity index (χ4n) is 3.16. The van der Waals surface area contributed by atoms with Crippen LogP contribution in [0.3, 0.4) is 0 Å². The van der Waals surface area contributed by atoms with Gasteiger partial charge in [0.05, 0.1) is 10.9 Å². The van der Waals surface area contributed by atoms with Gasteiger partial charge in [0.15, 0.2) is 0 Å². The SMILES string of the molecule is Cc1ccc(S(=O)(=O)NC(CC(=O)N2CCCC2)c2ccccc2)cc1. The van der Waals surface area contributed by atoms with Crippen molar-refractivity contribution in [1.29, 1.82) is 0 Å². The maximum absolute atomic E-state index is 12.8. The molecule has 1 N–H and O–H groups in total. The Balaban J connectivity index is 1.83. The summed E-state index contributed by atoms with van der Waals surface area (Å²) in [5.41, 5.74) is 1.78. The van der Waals surface area contributed by atoms with Gasteiger partial charge in [0.1, 0.15) is 0 Å². The van der Waals surface area contributed by atoms with E-state index < -0.39 is 16.1 Å². The molecule has 1 heterocycles. The topological polar surface area (TPSA) is 66.5 Å². The third-order valence-electron chi connectivity index (χ3n) is 4.67. The molecule has 1 aliphatic heterocycles. The second-order valence-corrected chi connectivity index (χ2v) is 8.40. The Morgan fingerprint density at radius 1 is 1.04 bits per heavy atom.